The van der Waals surface area contributed by atoms with Crippen LogP contribution in [0.25, 0.3) is 0 Å². The molecular weight excluding hydrogens is 258 g/mol. The molecule has 2 aliphatic rings. The first-order chi connectivity index (χ1) is 9.55. The number of hydrogen-bond acceptors (Lipinski definition) is 4. The van der Waals surface area contributed by atoms with Crippen LogP contribution in [0.1, 0.15) is 51.9 Å². The smallest absolute Gasteiger partial charge is 0.306 e. The molecule has 0 spiro atoms. The average Bonchev–Trinajstić information content (AvgIpc) is 2.44. The van der Waals surface area contributed by atoms with Crippen LogP contribution in [0.5, 0.6) is 0 Å². The number of amides is 1. The van der Waals surface area contributed by atoms with Gasteiger partial charge < -0.3 is 14.7 Å². The highest BCUT2D eigenvalue weighted by Gasteiger charge is 2.43. The first kappa shape index (κ1) is 15.3. The number of carbonyl (C=O) groups excluding carboxylic acids is 2. The third-order valence-corrected chi connectivity index (χ3v) is 4.63. The molecule has 1 aliphatic heterocycles. The van der Waals surface area contributed by atoms with Crippen molar-refractivity contribution in [2.75, 3.05) is 19.7 Å². The third-order valence-electron chi connectivity index (χ3n) is 4.63. The molecule has 2 atom stereocenters. The highest BCUT2D eigenvalue weighted by molar-refractivity contribution is 5.81. The average molecular weight is 283 g/mol. The number of nitrogens with zero attached hydrogens (tertiary/aromatic N) is 1. The van der Waals surface area contributed by atoms with Crippen LogP contribution >= 0.6 is 0 Å². The Morgan fingerprint density at radius 2 is 2.10 bits per heavy atom. The summed E-state index contributed by atoms with van der Waals surface area (Å²) in [6, 6.07) is 0. The molecule has 2 rings (SSSR count). The van der Waals surface area contributed by atoms with Crippen LogP contribution in [0.4, 0.5) is 0 Å². The standard InChI is InChI=1S/C15H25NO4/c1-2-20-14(18)7-6-13(17)16-10-9-15(19)8-4-3-5-12(15)11-16/h12,19H,2-11H2,1H3. The van der Waals surface area contributed by atoms with Crippen LogP contribution in [0.2, 0.25) is 0 Å². The number of esters is 1. The molecule has 0 aromatic carbocycles. The van der Waals surface area contributed by atoms with E-state index in [1.54, 1.807) is 6.92 Å². The van der Waals surface area contributed by atoms with Crippen LogP contribution < -0.4 is 0 Å². The van der Waals surface area contributed by atoms with Gasteiger partial charge in [-0.15, -0.1) is 0 Å². The van der Waals surface area contributed by atoms with Gasteiger partial charge in [-0.25, -0.2) is 0 Å². The van der Waals surface area contributed by atoms with Crippen molar-refractivity contribution in [1.29, 1.82) is 0 Å². The number of piperidine rings is 1. The number of hydrogen-bond donors (Lipinski definition) is 1. The molecule has 1 saturated carbocycles. The lowest BCUT2D eigenvalue weighted by atomic mass is 9.71. The molecule has 2 unspecified atom stereocenters. The number of fused-ring (bicyclic) bond motifs is 1. The number of rotatable bonds is 4. The zero-order valence-electron chi connectivity index (χ0n) is 12.3. The zero-order valence-corrected chi connectivity index (χ0v) is 12.3. The summed E-state index contributed by atoms with van der Waals surface area (Å²) in [6.45, 7) is 3.35. The molecule has 20 heavy (non-hydrogen) atoms. The van der Waals surface area contributed by atoms with E-state index in [0.717, 1.165) is 25.7 Å². The van der Waals surface area contributed by atoms with Crippen LogP contribution in [-0.4, -0.2) is 47.2 Å². The Labute approximate surface area is 120 Å². The van der Waals surface area contributed by atoms with Gasteiger partial charge in [0.25, 0.3) is 0 Å². The van der Waals surface area contributed by atoms with Gasteiger partial charge in [0.15, 0.2) is 0 Å². The summed E-state index contributed by atoms with van der Waals surface area (Å²) in [7, 11) is 0. The molecule has 0 aromatic heterocycles. The molecule has 1 aliphatic carbocycles. The molecule has 0 radical (unpaired) electrons. The first-order valence-corrected chi connectivity index (χ1v) is 7.71. The monoisotopic (exact) mass is 283 g/mol. The lowest BCUT2D eigenvalue weighted by molar-refractivity contribution is -0.149. The van der Waals surface area contributed by atoms with E-state index in [2.05, 4.69) is 0 Å². The van der Waals surface area contributed by atoms with Gasteiger partial charge >= 0.3 is 5.97 Å². The molecule has 0 aromatic rings. The summed E-state index contributed by atoms with van der Waals surface area (Å²) >= 11 is 0. The number of likely N-dealkylation sites (tertiary alicyclic amines) is 1. The van der Waals surface area contributed by atoms with E-state index in [4.69, 9.17) is 4.74 Å². The third kappa shape index (κ3) is 3.51. The minimum Gasteiger partial charge on any atom is -0.466 e. The second-order valence-corrected chi connectivity index (χ2v) is 5.94. The van der Waals surface area contributed by atoms with E-state index in [1.807, 2.05) is 4.90 Å². The van der Waals surface area contributed by atoms with Crippen molar-refractivity contribution < 1.29 is 19.4 Å². The summed E-state index contributed by atoms with van der Waals surface area (Å²) < 4.78 is 4.83. The van der Waals surface area contributed by atoms with Crippen molar-refractivity contribution in [1.82, 2.24) is 4.90 Å². The molecule has 1 saturated heterocycles. The van der Waals surface area contributed by atoms with Gasteiger partial charge in [-0.1, -0.05) is 12.8 Å². The van der Waals surface area contributed by atoms with E-state index >= 15 is 0 Å². The summed E-state index contributed by atoms with van der Waals surface area (Å²) in [5, 5.41) is 10.6. The van der Waals surface area contributed by atoms with E-state index < -0.39 is 5.60 Å². The zero-order chi connectivity index (χ0) is 14.6. The number of aliphatic hydroxyl groups is 1. The Hall–Kier alpha value is -1.10. The van der Waals surface area contributed by atoms with Crippen molar-refractivity contribution >= 4 is 11.9 Å². The Bertz CT molecular complexity index is 371. The number of ether oxygens (including phenoxy) is 1. The van der Waals surface area contributed by atoms with Crippen LogP contribution in [0, 0.1) is 5.92 Å². The summed E-state index contributed by atoms with van der Waals surface area (Å²) in [5.41, 5.74) is -0.559. The molecule has 5 nitrogen and oxygen atoms in total. The maximum atomic E-state index is 12.1. The molecule has 1 N–H and O–H groups in total. The lowest BCUT2D eigenvalue weighted by Crippen LogP contribution is -2.54. The van der Waals surface area contributed by atoms with Crippen molar-refractivity contribution in [3.63, 3.8) is 0 Å². The SMILES string of the molecule is CCOC(=O)CCC(=O)N1CCC2(O)CCCCC2C1. The molecular formula is C15H25NO4. The second-order valence-electron chi connectivity index (χ2n) is 5.94. The van der Waals surface area contributed by atoms with E-state index in [1.165, 1.54) is 0 Å². The lowest BCUT2D eigenvalue weighted by Gasteiger charge is -2.47. The predicted molar refractivity (Wildman–Crippen MR) is 74.0 cm³/mol. The fraction of sp³-hybridized carbons (Fsp3) is 0.867. The van der Waals surface area contributed by atoms with Crippen molar-refractivity contribution in [3.8, 4) is 0 Å². The Morgan fingerprint density at radius 1 is 1.30 bits per heavy atom. The molecule has 1 heterocycles. The number of carbonyl (C=O) groups is 2. The summed E-state index contributed by atoms with van der Waals surface area (Å²) in [5.74, 6) is -0.103. The van der Waals surface area contributed by atoms with Gasteiger partial charge in [-0.2, -0.15) is 0 Å². The highest BCUT2D eigenvalue weighted by Crippen LogP contribution is 2.39. The Morgan fingerprint density at radius 3 is 2.85 bits per heavy atom. The maximum absolute atomic E-state index is 12.1. The molecule has 5 heteroatoms. The van der Waals surface area contributed by atoms with E-state index in [9.17, 15) is 14.7 Å². The minimum atomic E-state index is -0.559. The van der Waals surface area contributed by atoms with Crippen LogP contribution in [-0.2, 0) is 14.3 Å². The van der Waals surface area contributed by atoms with Crippen molar-refractivity contribution in [3.05, 3.63) is 0 Å². The summed E-state index contributed by atoms with van der Waals surface area (Å²) in [4.78, 5) is 25.2. The van der Waals surface area contributed by atoms with Crippen molar-refractivity contribution in [2.24, 2.45) is 5.92 Å². The minimum absolute atomic E-state index is 0.00526. The normalized spacial score (nSPS) is 29.7. The largest absolute Gasteiger partial charge is 0.466 e. The second kappa shape index (κ2) is 6.57. The van der Waals surface area contributed by atoms with Gasteiger partial charge in [0, 0.05) is 25.4 Å². The fourth-order valence-corrected chi connectivity index (χ4v) is 3.40. The van der Waals surface area contributed by atoms with Crippen LogP contribution in [0.15, 0.2) is 0 Å². The molecule has 0 bridgehead atoms. The van der Waals surface area contributed by atoms with Gasteiger partial charge in [0.05, 0.1) is 18.6 Å². The maximum Gasteiger partial charge on any atom is 0.306 e. The van der Waals surface area contributed by atoms with Gasteiger partial charge in [-0.05, 0) is 26.2 Å². The van der Waals surface area contributed by atoms with Gasteiger partial charge in [-0.3, -0.25) is 9.59 Å². The fourth-order valence-electron chi connectivity index (χ4n) is 3.40. The van der Waals surface area contributed by atoms with Gasteiger partial charge in [0.2, 0.25) is 5.91 Å². The Kier molecular flexibility index (Phi) is 5.02. The van der Waals surface area contributed by atoms with Crippen molar-refractivity contribution in [2.45, 2.75) is 57.5 Å². The molecule has 2 fully saturated rings. The van der Waals surface area contributed by atoms with E-state index in [-0.39, 0.29) is 30.6 Å². The predicted octanol–water partition coefficient (Wildman–Crippen LogP) is 1.48. The first-order valence-electron chi connectivity index (χ1n) is 7.71. The van der Waals surface area contributed by atoms with E-state index in [0.29, 0.717) is 26.1 Å². The van der Waals surface area contributed by atoms with Gasteiger partial charge in [0.1, 0.15) is 0 Å². The molecule has 114 valence electrons. The summed E-state index contributed by atoms with van der Waals surface area (Å²) in [6.07, 6.45) is 5.12. The topological polar surface area (TPSA) is 66.8 Å². The Balaban J connectivity index is 1.82. The van der Waals surface area contributed by atoms with Crippen LogP contribution in [0.3, 0.4) is 0 Å². The quantitative estimate of drug-likeness (QED) is 0.794. The highest BCUT2D eigenvalue weighted by atomic mass is 16.5. The molecule has 1 amide bonds.